The first-order chi connectivity index (χ1) is 14.9. The van der Waals surface area contributed by atoms with Crippen molar-refractivity contribution in [2.45, 2.75) is 38.6 Å². The smallest absolute Gasteiger partial charge is 0.222 e. The van der Waals surface area contributed by atoms with E-state index in [9.17, 15) is 13.2 Å². The molecule has 0 fully saturated rings. The van der Waals surface area contributed by atoms with Crippen molar-refractivity contribution in [2.24, 2.45) is 0 Å². The average Bonchev–Trinajstić information content (AvgIpc) is 3.22. The lowest BCUT2D eigenvalue weighted by atomic mass is 10.0. The highest BCUT2D eigenvalue weighted by molar-refractivity contribution is 7.73. The molecule has 7 nitrogen and oxygen atoms in total. The van der Waals surface area contributed by atoms with Crippen LogP contribution in [-0.2, 0) is 34.9 Å². The fraction of sp³-hybridized carbons (Fsp3) is 0.273. The van der Waals surface area contributed by atoms with Gasteiger partial charge in [-0.3, -0.25) is 9.52 Å². The van der Waals surface area contributed by atoms with Crippen molar-refractivity contribution < 1.29 is 13.2 Å². The maximum Gasteiger partial charge on any atom is 0.222 e. The Morgan fingerprint density at radius 1 is 1.16 bits per heavy atom. The van der Waals surface area contributed by atoms with Gasteiger partial charge in [-0.05, 0) is 54.7 Å². The van der Waals surface area contributed by atoms with Crippen LogP contribution in [0.5, 0.6) is 0 Å². The number of aromatic nitrogens is 2. The number of H-pyrrole nitrogens is 1. The molecule has 0 bridgehead atoms. The van der Waals surface area contributed by atoms with Crippen molar-refractivity contribution in [2.75, 3.05) is 4.72 Å². The van der Waals surface area contributed by atoms with Crippen molar-refractivity contribution in [1.82, 2.24) is 15.3 Å². The number of nitrogens with zero attached hydrogens (tertiary/aromatic N) is 1. The zero-order valence-electron chi connectivity index (χ0n) is 17.1. The highest BCUT2D eigenvalue weighted by atomic mass is 35.5. The standard InChI is InChI=1S/C22H25ClN4O3S/c1-2-18-14-24-22(25-18)20(13-16-6-9-19(10-7-16)27-31(29)30)26-21(28)11-8-15-4-3-5-17(23)12-15/h3-7,9-10,12,14,20,31H,2,8,11,13H2,1H3,(H,24,25)(H,26,28)(H,27,29,30)/t20-/m0/s1. The van der Waals surface area contributed by atoms with Crippen molar-refractivity contribution in [1.29, 1.82) is 0 Å². The van der Waals surface area contributed by atoms with Crippen LogP contribution in [0.25, 0.3) is 0 Å². The summed E-state index contributed by atoms with van der Waals surface area (Å²) >= 11 is 6.02. The molecule has 0 aliphatic heterocycles. The summed E-state index contributed by atoms with van der Waals surface area (Å²) in [4.78, 5) is 20.4. The normalized spacial score (nSPS) is 12.0. The van der Waals surface area contributed by atoms with Crippen LogP contribution in [0.15, 0.2) is 54.7 Å². The van der Waals surface area contributed by atoms with Crippen LogP contribution in [0.2, 0.25) is 5.02 Å². The van der Waals surface area contributed by atoms with Gasteiger partial charge >= 0.3 is 0 Å². The second kappa shape index (κ2) is 11.0. The van der Waals surface area contributed by atoms with Gasteiger partial charge in [0.25, 0.3) is 0 Å². The number of amides is 1. The molecule has 0 saturated heterocycles. The van der Waals surface area contributed by atoms with Crippen molar-refractivity contribution in [3.63, 3.8) is 0 Å². The third-order valence-corrected chi connectivity index (χ3v) is 5.50. The fourth-order valence-corrected chi connectivity index (χ4v) is 3.80. The Kier molecular flexibility index (Phi) is 8.08. The highest BCUT2D eigenvalue weighted by Gasteiger charge is 2.19. The van der Waals surface area contributed by atoms with E-state index in [1.807, 2.05) is 43.5 Å². The lowest BCUT2D eigenvalue weighted by Crippen LogP contribution is -2.31. The predicted molar refractivity (Wildman–Crippen MR) is 123 cm³/mol. The number of carbonyl (C=O) groups is 1. The molecule has 0 radical (unpaired) electrons. The van der Waals surface area contributed by atoms with Gasteiger partial charge in [0.15, 0.2) is 0 Å². The van der Waals surface area contributed by atoms with E-state index in [0.29, 0.717) is 35.8 Å². The Labute approximate surface area is 188 Å². The Morgan fingerprint density at radius 3 is 2.58 bits per heavy atom. The number of carbonyl (C=O) groups excluding carboxylic acids is 1. The van der Waals surface area contributed by atoms with Gasteiger partial charge in [-0.1, -0.05) is 42.8 Å². The lowest BCUT2D eigenvalue weighted by Gasteiger charge is -2.17. The van der Waals surface area contributed by atoms with Crippen LogP contribution >= 0.6 is 11.6 Å². The number of hydrogen-bond acceptors (Lipinski definition) is 4. The van der Waals surface area contributed by atoms with Gasteiger partial charge in [-0.2, -0.15) is 0 Å². The second-order valence-corrected chi connectivity index (χ2v) is 8.32. The summed E-state index contributed by atoms with van der Waals surface area (Å²) in [6.45, 7) is 2.02. The van der Waals surface area contributed by atoms with Crippen molar-refractivity contribution >= 4 is 34.1 Å². The number of aryl methyl sites for hydroxylation is 2. The zero-order valence-corrected chi connectivity index (χ0v) is 18.7. The van der Waals surface area contributed by atoms with E-state index in [1.54, 1.807) is 18.2 Å². The summed E-state index contributed by atoms with van der Waals surface area (Å²) in [6.07, 6.45) is 4.07. The van der Waals surface area contributed by atoms with E-state index in [-0.39, 0.29) is 11.9 Å². The number of halogens is 1. The van der Waals surface area contributed by atoms with Gasteiger partial charge in [-0.15, -0.1) is 0 Å². The van der Waals surface area contributed by atoms with E-state index in [4.69, 9.17) is 11.6 Å². The Morgan fingerprint density at radius 2 is 1.94 bits per heavy atom. The molecular weight excluding hydrogens is 436 g/mol. The third kappa shape index (κ3) is 7.11. The fourth-order valence-electron chi connectivity index (χ4n) is 3.23. The zero-order chi connectivity index (χ0) is 22.2. The first kappa shape index (κ1) is 22.8. The highest BCUT2D eigenvalue weighted by Crippen LogP contribution is 2.19. The molecule has 3 rings (SSSR count). The summed E-state index contributed by atoms with van der Waals surface area (Å²) in [5.74, 6) is 0.610. The molecule has 0 aliphatic carbocycles. The Hall–Kier alpha value is -2.84. The van der Waals surface area contributed by atoms with E-state index in [0.717, 1.165) is 23.2 Å². The molecule has 1 amide bonds. The molecule has 0 aliphatic rings. The molecular formula is C22H25ClN4O3S. The summed E-state index contributed by atoms with van der Waals surface area (Å²) in [5, 5.41) is 3.72. The minimum atomic E-state index is -2.71. The van der Waals surface area contributed by atoms with Crippen LogP contribution in [-0.4, -0.2) is 24.3 Å². The summed E-state index contributed by atoms with van der Waals surface area (Å²) in [7, 11) is -2.71. The minimum Gasteiger partial charge on any atom is -0.347 e. The topological polar surface area (TPSA) is 104 Å². The van der Waals surface area contributed by atoms with Crippen LogP contribution in [0.4, 0.5) is 5.69 Å². The molecule has 1 heterocycles. The molecule has 3 aromatic rings. The molecule has 1 atom stereocenters. The predicted octanol–water partition coefficient (Wildman–Crippen LogP) is 3.60. The Balaban J connectivity index is 1.69. The summed E-state index contributed by atoms with van der Waals surface area (Å²) in [5.41, 5.74) is 3.37. The van der Waals surface area contributed by atoms with Crippen molar-refractivity contribution in [3.05, 3.63) is 82.4 Å². The maximum absolute atomic E-state index is 12.7. The van der Waals surface area contributed by atoms with E-state index < -0.39 is 10.9 Å². The number of rotatable bonds is 10. The van der Waals surface area contributed by atoms with Crippen LogP contribution < -0.4 is 10.0 Å². The molecule has 3 N–H and O–H groups in total. The van der Waals surface area contributed by atoms with Gasteiger partial charge < -0.3 is 10.3 Å². The third-order valence-electron chi connectivity index (χ3n) is 4.82. The van der Waals surface area contributed by atoms with Gasteiger partial charge in [0.1, 0.15) is 5.82 Å². The number of imidazole rings is 1. The molecule has 0 unspecified atom stereocenters. The van der Waals surface area contributed by atoms with Crippen LogP contribution in [0.3, 0.4) is 0 Å². The van der Waals surface area contributed by atoms with Gasteiger partial charge in [-0.25, -0.2) is 13.4 Å². The maximum atomic E-state index is 12.7. The first-order valence-electron chi connectivity index (χ1n) is 10.0. The number of thiol groups is 1. The van der Waals surface area contributed by atoms with Gasteiger partial charge in [0.2, 0.25) is 16.8 Å². The molecule has 31 heavy (non-hydrogen) atoms. The quantitative estimate of drug-likeness (QED) is 0.347. The SMILES string of the molecule is CCc1c[nH]c([C@H](Cc2ccc(N[SH](=O)=O)cc2)NC(=O)CCc2cccc(Cl)c2)n1. The van der Waals surface area contributed by atoms with Crippen LogP contribution in [0, 0.1) is 0 Å². The molecule has 164 valence electrons. The number of aromatic amines is 1. The monoisotopic (exact) mass is 460 g/mol. The molecule has 0 spiro atoms. The Bertz CT molecular complexity index is 1090. The van der Waals surface area contributed by atoms with E-state index >= 15 is 0 Å². The number of anilines is 1. The largest absolute Gasteiger partial charge is 0.347 e. The molecule has 2 aromatic carbocycles. The van der Waals surface area contributed by atoms with Gasteiger partial charge in [0, 0.05) is 23.3 Å². The minimum absolute atomic E-state index is 0.0823. The van der Waals surface area contributed by atoms with Gasteiger partial charge in [0.05, 0.1) is 11.7 Å². The summed E-state index contributed by atoms with van der Waals surface area (Å²) in [6, 6.07) is 14.2. The first-order valence-corrected chi connectivity index (χ1v) is 11.6. The molecule has 0 saturated carbocycles. The van der Waals surface area contributed by atoms with E-state index in [2.05, 4.69) is 20.0 Å². The number of benzene rings is 2. The van der Waals surface area contributed by atoms with Crippen molar-refractivity contribution in [3.8, 4) is 0 Å². The second-order valence-electron chi connectivity index (χ2n) is 7.15. The number of hydrogen-bond donors (Lipinski definition) is 4. The average molecular weight is 461 g/mol. The van der Waals surface area contributed by atoms with E-state index in [1.165, 1.54) is 0 Å². The number of nitrogens with one attached hydrogen (secondary N) is 3. The summed E-state index contributed by atoms with van der Waals surface area (Å²) < 4.78 is 24.0. The molecule has 1 aromatic heterocycles. The molecule has 9 heteroatoms. The van der Waals surface area contributed by atoms with Crippen LogP contribution in [0.1, 0.15) is 42.0 Å². The lowest BCUT2D eigenvalue weighted by molar-refractivity contribution is -0.121.